The lowest BCUT2D eigenvalue weighted by molar-refractivity contribution is 0.263. The second-order valence-electron chi connectivity index (χ2n) is 4.79. The third-order valence-electron chi connectivity index (χ3n) is 3.50. The van der Waals surface area contributed by atoms with Crippen molar-refractivity contribution in [2.75, 3.05) is 25.5 Å². The van der Waals surface area contributed by atoms with Crippen LogP contribution in [0.4, 0.5) is 5.82 Å². The van der Waals surface area contributed by atoms with Crippen molar-refractivity contribution in [3.8, 4) is 0 Å². The molecule has 1 aliphatic heterocycles. The van der Waals surface area contributed by atoms with Crippen LogP contribution < -0.4 is 5.32 Å². The number of nitrogens with one attached hydrogen (secondary N) is 1. The Bertz CT molecular complexity index is 497. The molecule has 2 aromatic rings. The summed E-state index contributed by atoms with van der Waals surface area (Å²) < 4.78 is 2.11. The highest BCUT2D eigenvalue weighted by Gasteiger charge is 2.16. The van der Waals surface area contributed by atoms with Gasteiger partial charge in [-0.2, -0.15) is 0 Å². The molecule has 0 aliphatic carbocycles. The van der Waals surface area contributed by atoms with E-state index in [1.54, 1.807) is 0 Å². The van der Waals surface area contributed by atoms with Crippen molar-refractivity contribution in [1.29, 1.82) is 0 Å². The first-order chi connectivity index (χ1) is 8.33. The topological polar surface area (TPSA) is 32.6 Å². The zero-order chi connectivity index (χ0) is 11.7. The minimum atomic E-state index is 0.583. The van der Waals surface area contributed by atoms with E-state index in [1.807, 2.05) is 18.5 Å². The number of anilines is 1. The van der Waals surface area contributed by atoms with E-state index in [2.05, 4.69) is 38.8 Å². The molecule has 1 aliphatic rings. The van der Waals surface area contributed by atoms with Gasteiger partial charge in [-0.05, 0) is 45.1 Å². The van der Waals surface area contributed by atoms with E-state index in [4.69, 9.17) is 0 Å². The Hall–Kier alpha value is -1.55. The van der Waals surface area contributed by atoms with Crippen LogP contribution >= 0.6 is 0 Å². The van der Waals surface area contributed by atoms with Crippen LogP contribution in [0.1, 0.15) is 12.8 Å². The maximum atomic E-state index is 4.30. The summed E-state index contributed by atoms with van der Waals surface area (Å²) in [6, 6.07) is 6.78. The fraction of sp³-hybridized carbons (Fsp3) is 0.462. The molecule has 4 nitrogen and oxygen atoms in total. The molecule has 3 heterocycles. The molecule has 0 bridgehead atoms. The van der Waals surface area contributed by atoms with Crippen molar-refractivity contribution >= 4 is 11.5 Å². The highest BCUT2D eigenvalue weighted by atomic mass is 15.1. The zero-order valence-corrected chi connectivity index (χ0v) is 10.1. The van der Waals surface area contributed by atoms with Gasteiger partial charge in [0, 0.05) is 18.4 Å². The molecular weight excluding hydrogens is 212 g/mol. The van der Waals surface area contributed by atoms with Crippen LogP contribution in [0.2, 0.25) is 0 Å². The largest absolute Gasteiger partial charge is 0.368 e. The molecule has 1 N–H and O–H groups in total. The molecule has 3 rings (SSSR count). The number of hydrogen-bond donors (Lipinski definition) is 1. The van der Waals surface area contributed by atoms with Crippen molar-refractivity contribution in [3.05, 3.63) is 30.6 Å². The lowest BCUT2D eigenvalue weighted by atomic mass is 10.1. The molecule has 90 valence electrons. The molecular formula is C13H18N4. The maximum Gasteiger partial charge on any atom is 0.138 e. The van der Waals surface area contributed by atoms with Gasteiger partial charge in [-0.25, -0.2) is 4.98 Å². The third kappa shape index (κ3) is 2.13. The van der Waals surface area contributed by atoms with Crippen molar-refractivity contribution in [2.45, 2.75) is 18.9 Å². The number of piperidine rings is 1. The molecule has 1 fully saturated rings. The Morgan fingerprint density at radius 3 is 2.94 bits per heavy atom. The van der Waals surface area contributed by atoms with Crippen LogP contribution in [-0.2, 0) is 0 Å². The third-order valence-corrected chi connectivity index (χ3v) is 3.50. The number of hydrogen-bond acceptors (Lipinski definition) is 3. The number of rotatable bonds is 2. The molecule has 0 radical (unpaired) electrons. The van der Waals surface area contributed by atoms with Crippen molar-refractivity contribution in [2.24, 2.45) is 0 Å². The number of nitrogens with zero attached hydrogens (tertiary/aromatic N) is 3. The van der Waals surface area contributed by atoms with Crippen LogP contribution in [-0.4, -0.2) is 40.5 Å². The molecule has 0 spiro atoms. The number of likely N-dealkylation sites (tertiary alicyclic amines) is 1. The van der Waals surface area contributed by atoms with Gasteiger partial charge in [0.15, 0.2) is 0 Å². The number of aromatic nitrogens is 2. The van der Waals surface area contributed by atoms with Crippen LogP contribution in [0.15, 0.2) is 30.6 Å². The summed E-state index contributed by atoms with van der Waals surface area (Å²) in [6.45, 7) is 2.36. The molecule has 4 heteroatoms. The van der Waals surface area contributed by atoms with Gasteiger partial charge in [-0.15, -0.1) is 0 Å². The average molecular weight is 230 g/mol. The number of pyridine rings is 1. The fourth-order valence-electron chi connectivity index (χ4n) is 2.43. The molecule has 17 heavy (non-hydrogen) atoms. The highest BCUT2D eigenvalue weighted by Crippen LogP contribution is 2.17. The van der Waals surface area contributed by atoms with E-state index < -0.39 is 0 Å². The molecule has 0 atom stereocenters. The first-order valence-corrected chi connectivity index (χ1v) is 6.20. The Morgan fingerprint density at radius 1 is 1.29 bits per heavy atom. The monoisotopic (exact) mass is 230 g/mol. The summed E-state index contributed by atoms with van der Waals surface area (Å²) in [6.07, 6.45) is 6.27. The van der Waals surface area contributed by atoms with Crippen LogP contribution in [0.25, 0.3) is 5.65 Å². The van der Waals surface area contributed by atoms with Gasteiger partial charge in [0.05, 0.1) is 0 Å². The quantitative estimate of drug-likeness (QED) is 0.854. The van der Waals surface area contributed by atoms with E-state index in [0.717, 1.165) is 11.5 Å². The van der Waals surface area contributed by atoms with Crippen molar-refractivity contribution in [1.82, 2.24) is 14.3 Å². The predicted molar refractivity (Wildman–Crippen MR) is 69.3 cm³/mol. The smallest absolute Gasteiger partial charge is 0.138 e. The highest BCUT2D eigenvalue weighted by molar-refractivity contribution is 5.50. The SMILES string of the molecule is CN1CCC(Nc2cccc3nccn23)CC1. The second-order valence-corrected chi connectivity index (χ2v) is 4.79. The molecule has 0 unspecified atom stereocenters. The number of fused-ring (bicyclic) bond motifs is 1. The minimum absolute atomic E-state index is 0.583. The van der Waals surface area contributed by atoms with E-state index in [-0.39, 0.29) is 0 Å². The summed E-state index contributed by atoms with van der Waals surface area (Å²) in [5.74, 6) is 1.15. The van der Waals surface area contributed by atoms with Gasteiger partial charge < -0.3 is 10.2 Å². The van der Waals surface area contributed by atoms with Crippen molar-refractivity contribution in [3.63, 3.8) is 0 Å². The van der Waals surface area contributed by atoms with Gasteiger partial charge >= 0.3 is 0 Å². The normalized spacial score (nSPS) is 18.6. The predicted octanol–water partition coefficient (Wildman–Crippen LogP) is 1.84. The molecule has 2 aromatic heterocycles. The summed E-state index contributed by atoms with van der Waals surface area (Å²) in [4.78, 5) is 6.68. The average Bonchev–Trinajstić information content (AvgIpc) is 2.81. The zero-order valence-electron chi connectivity index (χ0n) is 10.1. The minimum Gasteiger partial charge on any atom is -0.368 e. The first-order valence-electron chi connectivity index (χ1n) is 6.20. The van der Waals surface area contributed by atoms with Crippen LogP contribution in [0, 0.1) is 0 Å². The van der Waals surface area contributed by atoms with Gasteiger partial charge in [0.1, 0.15) is 11.5 Å². The van der Waals surface area contributed by atoms with E-state index in [0.29, 0.717) is 6.04 Å². The van der Waals surface area contributed by atoms with Gasteiger partial charge in [0.2, 0.25) is 0 Å². The second kappa shape index (κ2) is 4.37. The van der Waals surface area contributed by atoms with Gasteiger partial charge in [-0.1, -0.05) is 6.07 Å². The van der Waals surface area contributed by atoms with E-state index in [9.17, 15) is 0 Å². The Labute approximate surface area is 101 Å². The Balaban J connectivity index is 1.78. The lowest BCUT2D eigenvalue weighted by Gasteiger charge is -2.30. The lowest BCUT2D eigenvalue weighted by Crippen LogP contribution is -2.37. The fourth-order valence-corrected chi connectivity index (χ4v) is 2.43. The Morgan fingerprint density at radius 2 is 2.12 bits per heavy atom. The summed E-state index contributed by atoms with van der Waals surface area (Å²) in [5.41, 5.74) is 1.00. The van der Waals surface area contributed by atoms with E-state index >= 15 is 0 Å². The summed E-state index contributed by atoms with van der Waals surface area (Å²) in [7, 11) is 2.19. The van der Waals surface area contributed by atoms with E-state index in [1.165, 1.54) is 25.9 Å². The Kier molecular flexibility index (Phi) is 2.73. The van der Waals surface area contributed by atoms with Gasteiger partial charge in [-0.3, -0.25) is 4.40 Å². The molecule has 0 aromatic carbocycles. The number of imidazole rings is 1. The molecule has 1 saturated heterocycles. The molecule has 0 saturated carbocycles. The standard InChI is InChI=1S/C13H18N4/c1-16-8-5-11(6-9-16)15-13-4-2-3-12-14-7-10-17(12)13/h2-4,7,10-11,15H,5-6,8-9H2,1H3. The summed E-state index contributed by atoms with van der Waals surface area (Å²) >= 11 is 0. The van der Waals surface area contributed by atoms with Crippen LogP contribution in [0.5, 0.6) is 0 Å². The molecule has 0 amide bonds. The van der Waals surface area contributed by atoms with Gasteiger partial charge in [0.25, 0.3) is 0 Å². The maximum absolute atomic E-state index is 4.30. The first kappa shape index (κ1) is 10.6. The van der Waals surface area contributed by atoms with Crippen molar-refractivity contribution < 1.29 is 0 Å². The van der Waals surface area contributed by atoms with Crippen LogP contribution in [0.3, 0.4) is 0 Å². The summed E-state index contributed by atoms with van der Waals surface area (Å²) in [5, 5.41) is 3.63.